The van der Waals surface area contributed by atoms with Crippen molar-refractivity contribution in [2.45, 2.75) is 39.0 Å². The summed E-state index contributed by atoms with van der Waals surface area (Å²) in [6.07, 6.45) is 2.94. The number of carbonyl (C=O) groups is 2. The van der Waals surface area contributed by atoms with E-state index in [-0.39, 0.29) is 29.6 Å². The first-order valence-electron chi connectivity index (χ1n) is 8.65. The predicted molar refractivity (Wildman–Crippen MR) is 94.8 cm³/mol. The molecule has 2 aromatic rings. The molecule has 26 heavy (non-hydrogen) atoms. The van der Waals surface area contributed by atoms with Gasteiger partial charge in [-0.3, -0.25) is 9.59 Å². The third kappa shape index (κ3) is 4.00. The Morgan fingerprint density at radius 2 is 1.81 bits per heavy atom. The number of amides is 2. The van der Waals surface area contributed by atoms with E-state index >= 15 is 0 Å². The van der Waals surface area contributed by atoms with Crippen LogP contribution in [0.2, 0.25) is 0 Å². The van der Waals surface area contributed by atoms with E-state index < -0.39 is 23.3 Å². The molecule has 1 aliphatic heterocycles. The van der Waals surface area contributed by atoms with Gasteiger partial charge < -0.3 is 10.4 Å². The number of amidine groups is 1. The van der Waals surface area contributed by atoms with Crippen molar-refractivity contribution in [2.24, 2.45) is 10.4 Å². The van der Waals surface area contributed by atoms with Crippen molar-refractivity contribution in [3.63, 3.8) is 0 Å². The van der Waals surface area contributed by atoms with Gasteiger partial charge in [-0.2, -0.15) is 0 Å². The molecule has 1 aliphatic rings. The molecule has 0 aliphatic carbocycles. The van der Waals surface area contributed by atoms with E-state index in [0.29, 0.717) is 19.3 Å². The van der Waals surface area contributed by atoms with Gasteiger partial charge in [-0.25, -0.2) is 4.99 Å². The normalized spacial score (nSPS) is 19.7. The minimum absolute atomic E-state index is 0. The topological polar surface area (TPSA) is 81.6 Å². The maximum absolute atomic E-state index is 12.5. The Balaban J connectivity index is 0.00000243. The van der Waals surface area contributed by atoms with Gasteiger partial charge in [0.2, 0.25) is 5.91 Å². The molecule has 0 saturated heterocycles. The van der Waals surface area contributed by atoms with E-state index in [1.54, 1.807) is 0 Å². The zero-order valence-electron chi connectivity index (χ0n) is 15.2. The molecule has 6 heteroatoms. The molecule has 130 valence electrons. The fraction of sp³-hybridized carbons (Fsp3) is 0.350. The SMILES string of the molecule is CCCCC1(CCc2cccc3ccccc23)C(=O)N=C([O-])NC1=O.[Na+]. The van der Waals surface area contributed by atoms with Gasteiger partial charge in [-0.15, -0.1) is 0 Å². The maximum atomic E-state index is 12.5. The second-order valence-electron chi connectivity index (χ2n) is 6.50. The minimum atomic E-state index is -1.24. The number of rotatable bonds is 6. The predicted octanol–water partition coefficient (Wildman–Crippen LogP) is -0.674. The van der Waals surface area contributed by atoms with Crippen LogP contribution in [0.4, 0.5) is 0 Å². The van der Waals surface area contributed by atoms with Gasteiger partial charge in [0.05, 0.1) is 6.02 Å². The zero-order valence-corrected chi connectivity index (χ0v) is 17.2. The smallest absolute Gasteiger partial charge is 0.846 e. The Hall–Kier alpha value is -1.69. The summed E-state index contributed by atoms with van der Waals surface area (Å²) in [5, 5.41) is 15.8. The molecule has 0 spiro atoms. The van der Waals surface area contributed by atoms with E-state index in [1.165, 1.54) is 0 Å². The molecule has 0 radical (unpaired) electrons. The number of unbranched alkanes of at least 4 members (excludes halogenated alkanes) is 1. The molecular weight excluding hydrogens is 339 g/mol. The molecule has 2 aromatic carbocycles. The molecule has 0 aromatic heterocycles. The zero-order chi connectivity index (χ0) is 17.9. The first kappa shape index (κ1) is 20.6. The largest absolute Gasteiger partial charge is 1.00 e. The summed E-state index contributed by atoms with van der Waals surface area (Å²) < 4.78 is 0. The first-order chi connectivity index (χ1) is 12.1. The fourth-order valence-electron chi connectivity index (χ4n) is 3.44. The quantitative estimate of drug-likeness (QED) is 0.548. The number of aliphatic imine (C=N–C) groups is 1. The minimum Gasteiger partial charge on any atom is -0.846 e. The van der Waals surface area contributed by atoms with Gasteiger partial charge in [-0.05, 0) is 35.6 Å². The van der Waals surface area contributed by atoms with E-state index in [2.05, 4.69) is 10.3 Å². The molecule has 3 rings (SSSR count). The number of fused-ring (bicyclic) bond motifs is 1. The number of nitrogens with one attached hydrogen (secondary N) is 1. The number of benzene rings is 2. The Kier molecular flexibility index (Phi) is 6.98. The number of hydrogen-bond acceptors (Lipinski definition) is 3. The molecule has 1 unspecified atom stereocenters. The summed E-state index contributed by atoms with van der Waals surface area (Å²) in [6.45, 7) is 2.01. The van der Waals surface area contributed by atoms with Crippen LogP contribution in [0, 0.1) is 5.41 Å². The summed E-state index contributed by atoms with van der Waals surface area (Å²) in [6, 6.07) is 13.2. The molecule has 1 N–H and O–H groups in total. The number of hydrogen-bond donors (Lipinski definition) is 1. The van der Waals surface area contributed by atoms with Crippen LogP contribution in [0.3, 0.4) is 0 Å². The summed E-state index contributed by atoms with van der Waals surface area (Å²) >= 11 is 0. The second kappa shape index (κ2) is 8.80. The molecule has 2 amide bonds. The van der Waals surface area contributed by atoms with Crippen molar-refractivity contribution in [2.75, 3.05) is 0 Å². The molecule has 0 saturated carbocycles. The molecule has 5 nitrogen and oxygen atoms in total. The summed E-state index contributed by atoms with van der Waals surface area (Å²) in [5.41, 5.74) is -0.146. The Labute approximate surface area is 175 Å². The van der Waals surface area contributed by atoms with Gasteiger partial charge in [0.1, 0.15) is 5.41 Å². The maximum Gasteiger partial charge on any atom is 1.00 e. The van der Waals surface area contributed by atoms with Crippen molar-refractivity contribution in [3.8, 4) is 0 Å². The summed E-state index contributed by atoms with van der Waals surface area (Å²) in [5.74, 6) is -1.11. The van der Waals surface area contributed by atoms with Gasteiger partial charge in [0.15, 0.2) is 0 Å². The fourth-order valence-corrected chi connectivity index (χ4v) is 3.44. The third-order valence-corrected chi connectivity index (χ3v) is 4.93. The number of nitrogens with zero attached hydrogens (tertiary/aromatic N) is 1. The van der Waals surface area contributed by atoms with E-state index in [4.69, 9.17) is 0 Å². The van der Waals surface area contributed by atoms with E-state index in [9.17, 15) is 14.7 Å². The van der Waals surface area contributed by atoms with Gasteiger partial charge >= 0.3 is 29.6 Å². The van der Waals surface area contributed by atoms with Crippen LogP contribution in [0.5, 0.6) is 0 Å². The van der Waals surface area contributed by atoms with Gasteiger partial charge in [-0.1, -0.05) is 62.2 Å². The van der Waals surface area contributed by atoms with Crippen LogP contribution in [-0.4, -0.2) is 17.8 Å². The molecule has 0 fully saturated rings. The van der Waals surface area contributed by atoms with Crippen LogP contribution < -0.4 is 40.0 Å². The Morgan fingerprint density at radius 3 is 2.54 bits per heavy atom. The summed E-state index contributed by atoms with van der Waals surface area (Å²) in [4.78, 5) is 28.5. The standard InChI is InChI=1S/C20H22N2O3.Na/c1-2-3-12-20(17(23)21-19(25)22-18(20)24)13-11-15-9-6-8-14-7-4-5-10-16(14)15;/h4-10H,2-3,11-13H2,1H3,(H2,21,22,23,24,25);/q;+1/p-1. The third-order valence-electron chi connectivity index (χ3n) is 4.93. The average molecular weight is 360 g/mol. The Morgan fingerprint density at radius 1 is 1.08 bits per heavy atom. The van der Waals surface area contributed by atoms with Crippen molar-refractivity contribution < 1.29 is 44.3 Å². The number of carbonyl (C=O) groups excluding carboxylic acids is 2. The second-order valence-corrected chi connectivity index (χ2v) is 6.50. The molecular formula is C20H21N2NaO3. The van der Waals surface area contributed by atoms with Crippen LogP contribution in [0.1, 0.15) is 38.2 Å². The monoisotopic (exact) mass is 360 g/mol. The van der Waals surface area contributed by atoms with Crippen LogP contribution in [0.15, 0.2) is 47.5 Å². The average Bonchev–Trinajstić information content (AvgIpc) is 2.61. The summed E-state index contributed by atoms with van der Waals surface area (Å²) in [7, 11) is 0. The van der Waals surface area contributed by atoms with Crippen molar-refractivity contribution in [3.05, 3.63) is 48.0 Å². The molecule has 0 bridgehead atoms. The van der Waals surface area contributed by atoms with Crippen LogP contribution in [-0.2, 0) is 16.0 Å². The van der Waals surface area contributed by atoms with Crippen LogP contribution >= 0.6 is 0 Å². The molecule has 1 atom stereocenters. The Bertz CT molecular complexity index is 845. The van der Waals surface area contributed by atoms with Gasteiger partial charge in [0.25, 0.3) is 5.91 Å². The number of aryl methyl sites for hydroxylation is 1. The van der Waals surface area contributed by atoms with Gasteiger partial charge in [0, 0.05) is 0 Å². The van der Waals surface area contributed by atoms with Crippen molar-refractivity contribution in [1.82, 2.24) is 5.32 Å². The molecule has 1 heterocycles. The van der Waals surface area contributed by atoms with Crippen molar-refractivity contribution >= 4 is 28.6 Å². The first-order valence-corrected chi connectivity index (χ1v) is 8.65. The van der Waals surface area contributed by atoms with Crippen LogP contribution in [0.25, 0.3) is 10.8 Å². The van der Waals surface area contributed by atoms with E-state index in [0.717, 1.165) is 29.2 Å². The van der Waals surface area contributed by atoms with Crippen molar-refractivity contribution in [1.29, 1.82) is 0 Å². The van der Waals surface area contributed by atoms with E-state index in [1.807, 2.05) is 49.4 Å².